The van der Waals surface area contributed by atoms with Gasteiger partial charge in [-0.25, -0.2) is 0 Å². The lowest BCUT2D eigenvalue weighted by Crippen LogP contribution is -2.24. The molecule has 0 saturated carbocycles. The standard InChI is InChI=1S/C14H19Cl2NO2.ClH/c1-9-3-4-11(5-6-17-9)19-13-8-10(15)7-12(16)14(13)18-2;/h7-9,11,17H,3-6H2,1-2H3;1H. The second-order valence-electron chi connectivity index (χ2n) is 4.88. The molecule has 20 heavy (non-hydrogen) atoms. The smallest absolute Gasteiger partial charge is 0.179 e. The summed E-state index contributed by atoms with van der Waals surface area (Å²) in [4.78, 5) is 0. The van der Waals surface area contributed by atoms with Crippen LogP contribution in [0, 0.1) is 0 Å². The molecule has 2 unspecified atom stereocenters. The van der Waals surface area contributed by atoms with Crippen LogP contribution in [0.1, 0.15) is 26.2 Å². The van der Waals surface area contributed by atoms with Crippen LogP contribution in [-0.4, -0.2) is 25.8 Å². The van der Waals surface area contributed by atoms with Gasteiger partial charge in [-0.2, -0.15) is 0 Å². The van der Waals surface area contributed by atoms with Crippen molar-refractivity contribution in [3.8, 4) is 11.5 Å². The fourth-order valence-corrected chi connectivity index (χ4v) is 2.84. The molecule has 0 amide bonds. The molecule has 3 nitrogen and oxygen atoms in total. The summed E-state index contributed by atoms with van der Waals surface area (Å²) in [5.74, 6) is 1.18. The van der Waals surface area contributed by atoms with Gasteiger partial charge in [-0.1, -0.05) is 23.2 Å². The van der Waals surface area contributed by atoms with Gasteiger partial charge in [-0.15, -0.1) is 12.4 Å². The van der Waals surface area contributed by atoms with E-state index in [4.69, 9.17) is 32.7 Å². The molecule has 1 heterocycles. The maximum Gasteiger partial charge on any atom is 0.179 e. The first-order valence-electron chi connectivity index (χ1n) is 6.53. The molecule has 2 atom stereocenters. The first-order chi connectivity index (χ1) is 9.10. The Balaban J connectivity index is 0.00000200. The van der Waals surface area contributed by atoms with Gasteiger partial charge in [0.25, 0.3) is 0 Å². The fourth-order valence-electron chi connectivity index (χ4n) is 2.29. The summed E-state index contributed by atoms with van der Waals surface area (Å²) < 4.78 is 11.3. The first-order valence-corrected chi connectivity index (χ1v) is 7.29. The van der Waals surface area contributed by atoms with Crippen molar-refractivity contribution in [3.63, 3.8) is 0 Å². The van der Waals surface area contributed by atoms with Crippen LogP contribution in [0.2, 0.25) is 10.0 Å². The first kappa shape index (κ1) is 17.7. The Labute approximate surface area is 136 Å². The van der Waals surface area contributed by atoms with Crippen molar-refractivity contribution in [3.05, 3.63) is 22.2 Å². The lowest BCUT2D eigenvalue weighted by molar-refractivity contribution is 0.179. The highest BCUT2D eigenvalue weighted by Gasteiger charge is 2.20. The number of rotatable bonds is 3. The van der Waals surface area contributed by atoms with E-state index in [1.165, 1.54) is 0 Å². The average Bonchev–Trinajstić information content (AvgIpc) is 2.54. The zero-order chi connectivity index (χ0) is 13.8. The number of nitrogens with one attached hydrogen (secondary N) is 1. The van der Waals surface area contributed by atoms with Gasteiger partial charge in [0.15, 0.2) is 11.5 Å². The fraction of sp³-hybridized carbons (Fsp3) is 0.571. The van der Waals surface area contributed by atoms with Gasteiger partial charge in [-0.3, -0.25) is 0 Å². The molecule has 2 rings (SSSR count). The molecular formula is C14H20Cl3NO2. The third-order valence-electron chi connectivity index (χ3n) is 3.35. The van der Waals surface area contributed by atoms with Crippen LogP contribution < -0.4 is 14.8 Å². The molecule has 0 bridgehead atoms. The summed E-state index contributed by atoms with van der Waals surface area (Å²) >= 11 is 12.1. The zero-order valence-electron chi connectivity index (χ0n) is 11.6. The van der Waals surface area contributed by atoms with E-state index in [2.05, 4.69) is 12.2 Å². The van der Waals surface area contributed by atoms with E-state index in [9.17, 15) is 0 Å². The summed E-state index contributed by atoms with van der Waals surface area (Å²) in [6.45, 7) is 3.15. The molecule has 1 aliphatic heterocycles. The third kappa shape index (κ3) is 4.59. The van der Waals surface area contributed by atoms with Crippen molar-refractivity contribution >= 4 is 35.6 Å². The molecule has 0 radical (unpaired) electrons. The highest BCUT2D eigenvalue weighted by atomic mass is 35.5. The molecule has 0 spiro atoms. The molecule has 1 aliphatic rings. The van der Waals surface area contributed by atoms with Gasteiger partial charge >= 0.3 is 0 Å². The molecule has 1 fully saturated rings. The molecule has 1 N–H and O–H groups in total. The monoisotopic (exact) mass is 339 g/mol. The molecule has 114 valence electrons. The minimum atomic E-state index is 0. The van der Waals surface area contributed by atoms with Gasteiger partial charge in [-0.05, 0) is 38.8 Å². The topological polar surface area (TPSA) is 30.5 Å². The van der Waals surface area contributed by atoms with Crippen LogP contribution in [-0.2, 0) is 0 Å². The number of halogens is 3. The Morgan fingerprint density at radius 1 is 1.20 bits per heavy atom. The molecule has 0 aliphatic carbocycles. The highest BCUT2D eigenvalue weighted by Crippen LogP contribution is 2.38. The van der Waals surface area contributed by atoms with Crippen molar-refractivity contribution in [1.82, 2.24) is 5.32 Å². The molecule has 6 heteroatoms. The second-order valence-corrected chi connectivity index (χ2v) is 5.72. The summed E-state index contributed by atoms with van der Waals surface area (Å²) in [5, 5.41) is 4.48. The number of hydrogen-bond acceptors (Lipinski definition) is 3. The predicted molar refractivity (Wildman–Crippen MR) is 86.0 cm³/mol. The lowest BCUT2D eigenvalue weighted by Gasteiger charge is -2.19. The maximum absolute atomic E-state index is 6.11. The highest BCUT2D eigenvalue weighted by molar-refractivity contribution is 6.35. The molecule has 1 aromatic carbocycles. The Hall–Kier alpha value is -0.350. The molecule has 1 saturated heterocycles. The number of benzene rings is 1. The third-order valence-corrected chi connectivity index (χ3v) is 3.85. The van der Waals surface area contributed by atoms with E-state index >= 15 is 0 Å². The van der Waals surface area contributed by atoms with Crippen molar-refractivity contribution in [1.29, 1.82) is 0 Å². The minimum Gasteiger partial charge on any atom is -0.491 e. The Bertz CT molecular complexity index is 443. The summed E-state index contributed by atoms with van der Waals surface area (Å²) in [6, 6.07) is 3.96. The van der Waals surface area contributed by atoms with Crippen molar-refractivity contribution in [2.45, 2.75) is 38.3 Å². The van der Waals surface area contributed by atoms with E-state index < -0.39 is 0 Å². The van der Waals surface area contributed by atoms with E-state index in [1.807, 2.05) is 0 Å². The quantitative estimate of drug-likeness (QED) is 0.888. The maximum atomic E-state index is 6.11. The number of methoxy groups -OCH3 is 1. The summed E-state index contributed by atoms with van der Waals surface area (Å²) in [5.41, 5.74) is 0. The van der Waals surface area contributed by atoms with Gasteiger partial charge in [0.1, 0.15) is 6.10 Å². The van der Waals surface area contributed by atoms with Gasteiger partial charge in [0.05, 0.1) is 12.1 Å². The van der Waals surface area contributed by atoms with Gasteiger partial charge in [0.2, 0.25) is 0 Å². The van der Waals surface area contributed by atoms with Gasteiger partial charge in [0, 0.05) is 17.1 Å². The van der Waals surface area contributed by atoms with Crippen LogP contribution in [0.4, 0.5) is 0 Å². The van der Waals surface area contributed by atoms with Crippen molar-refractivity contribution < 1.29 is 9.47 Å². The van der Waals surface area contributed by atoms with Crippen LogP contribution in [0.25, 0.3) is 0 Å². The zero-order valence-corrected chi connectivity index (χ0v) is 13.9. The molecule has 0 aromatic heterocycles. The van der Waals surface area contributed by atoms with Crippen LogP contribution >= 0.6 is 35.6 Å². The number of ether oxygens (including phenoxy) is 2. The van der Waals surface area contributed by atoms with E-state index in [-0.39, 0.29) is 18.5 Å². The van der Waals surface area contributed by atoms with Crippen LogP contribution in [0.3, 0.4) is 0 Å². The Kier molecular flexibility index (Phi) is 7.24. The Morgan fingerprint density at radius 3 is 2.65 bits per heavy atom. The van der Waals surface area contributed by atoms with Crippen LogP contribution in [0.15, 0.2) is 12.1 Å². The lowest BCUT2D eigenvalue weighted by atomic mass is 10.1. The summed E-state index contributed by atoms with van der Waals surface area (Å²) in [6.07, 6.45) is 3.25. The number of hydrogen-bond donors (Lipinski definition) is 1. The second kappa shape index (κ2) is 8.18. The predicted octanol–water partition coefficient (Wildman–Crippen LogP) is 4.33. The van der Waals surface area contributed by atoms with E-state index in [1.54, 1.807) is 19.2 Å². The van der Waals surface area contributed by atoms with Crippen LogP contribution in [0.5, 0.6) is 11.5 Å². The normalized spacial score (nSPS) is 22.6. The SMILES string of the molecule is COc1c(Cl)cc(Cl)cc1OC1CCNC(C)CC1.Cl. The molecule has 1 aromatic rings. The van der Waals surface area contributed by atoms with E-state index in [0.29, 0.717) is 27.6 Å². The van der Waals surface area contributed by atoms with E-state index in [0.717, 1.165) is 25.8 Å². The molecular weight excluding hydrogens is 321 g/mol. The Morgan fingerprint density at radius 2 is 1.95 bits per heavy atom. The van der Waals surface area contributed by atoms with Crippen molar-refractivity contribution in [2.24, 2.45) is 0 Å². The average molecular weight is 341 g/mol. The largest absolute Gasteiger partial charge is 0.491 e. The minimum absolute atomic E-state index is 0. The summed E-state index contributed by atoms with van der Waals surface area (Å²) in [7, 11) is 1.58. The van der Waals surface area contributed by atoms with Gasteiger partial charge < -0.3 is 14.8 Å². The van der Waals surface area contributed by atoms with Crippen molar-refractivity contribution in [2.75, 3.05) is 13.7 Å².